The number of nitrogens with one attached hydrogen (secondary N) is 1. The summed E-state index contributed by atoms with van der Waals surface area (Å²) in [4.78, 5) is 50.4. The number of H-pyrrole nitrogens is 1. The maximum absolute atomic E-state index is 14.1. The Morgan fingerprint density at radius 3 is 2.35 bits per heavy atom. The second kappa shape index (κ2) is 12.7. The highest BCUT2D eigenvalue weighted by Crippen LogP contribution is 2.42. The molecule has 1 aliphatic heterocycles. The van der Waals surface area contributed by atoms with Gasteiger partial charge in [-0.2, -0.15) is 0 Å². The van der Waals surface area contributed by atoms with E-state index >= 15 is 0 Å². The highest BCUT2D eigenvalue weighted by atomic mass is 35.5. The molecule has 1 fully saturated rings. The lowest BCUT2D eigenvalue weighted by Gasteiger charge is -2.44. The highest BCUT2D eigenvalue weighted by molar-refractivity contribution is 7.99. The van der Waals surface area contributed by atoms with E-state index in [0.29, 0.717) is 10.6 Å². The molecule has 1 saturated heterocycles. The zero-order valence-electron chi connectivity index (χ0n) is 21.0. The Morgan fingerprint density at radius 1 is 1.12 bits per heavy atom. The van der Waals surface area contributed by atoms with Crippen molar-refractivity contribution in [1.29, 1.82) is 0 Å². The molecule has 0 saturated carbocycles. The van der Waals surface area contributed by atoms with Crippen LogP contribution in [0.1, 0.15) is 26.8 Å². The average molecular weight is 635 g/mol. The van der Waals surface area contributed by atoms with Crippen molar-refractivity contribution >= 4 is 64.2 Å². The summed E-state index contributed by atoms with van der Waals surface area (Å²) in [7, 11) is 0. The molecule has 3 heterocycles. The minimum Gasteiger partial charge on any atom is -0.463 e. The summed E-state index contributed by atoms with van der Waals surface area (Å²) in [5, 5.41) is 9.32. The number of hydrogen-bond donors (Lipinski definition) is 1. The predicted molar refractivity (Wildman–Crippen MR) is 142 cm³/mol. The summed E-state index contributed by atoms with van der Waals surface area (Å²) in [5.74, 6) is -2.81. The molecule has 0 aliphatic carbocycles. The first-order valence-corrected chi connectivity index (χ1v) is 14.0. The highest BCUT2D eigenvalue weighted by Gasteiger charge is 2.52. The number of nitrogens with zero attached hydrogens (tertiary/aromatic N) is 3. The Hall–Kier alpha value is -2.98. The van der Waals surface area contributed by atoms with E-state index in [0.717, 1.165) is 23.1 Å². The van der Waals surface area contributed by atoms with Crippen LogP contribution in [0, 0.1) is 5.82 Å². The molecule has 4 rings (SSSR count). The van der Waals surface area contributed by atoms with Gasteiger partial charge >= 0.3 is 22.8 Å². The fourth-order valence-electron chi connectivity index (χ4n) is 3.96. The predicted octanol–water partition coefficient (Wildman–Crippen LogP) is 3.63. The zero-order valence-corrected chi connectivity index (χ0v) is 24.1. The molecule has 1 N–H and O–H groups in total. The minimum absolute atomic E-state index is 0.244. The molecule has 2 aromatic heterocycles. The van der Waals surface area contributed by atoms with Gasteiger partial charge in [-0.05, 0) is 12.1 Å². The van der Waals surface area contributed by atoms with Crippen molar-refractivity contribution in [1.82, 2.24) is 20.0 Å². The number of thioether (sulfide) groups is 1. The third-order valence-electron chi connectivity index (χ3n) is 5.49. The maximum atomic E-state index is 14.1. The Bertz CT molecular complexity index is 1460. The average Bonchev–Trinajstić information content (AvgIpc) is 3.51. The molecule has 0 amide bonds. The topological polar surface area (TPSA) is 152 Å². The van der Waals surface area contributed by atoms with Crippen LogP contribution in [0.25, 0.3) is 11.4 Å². The van der Waals surface area contributed by atoms with Gasteiger partial charge in [0.05, 0.1) is 21.9 Å². The first kappa shape index (κ1) is 30.0. The lowest BCUT2D eigenvalue weighted by atomic mass is 9.96. The van der Waals surface area contributed by atoms with Crippen LogP contribution >= 0.6 is 46.3 Å². The quantitative estimate of drug-likeness (QED) is 0.220. The van der Waals surface area contributed by atoms with E-state index in [9.17, 15) is 23.6 Å². The number of rotatable bonds is 8. The van der Waals surface area contributed by atoms with Crippen LogP contribution in [0.4, 0.5) is 4.39 Å². The summed E-state index contributed by atoms with van der Waals surface area (Å²) >= 11 is 13.9. The molecule has 0 bridgehead atoms. The molecular weight excluding hydrogens is 614 g/mol. The molecule has 40 heavy (non-hydrogen) atoms. The van der Waals surface area contributed by atoms with Crippen molar-refractivity contribution < 1.29 is 37.7 Å². The Kier molecular flexibility index (Phi) is 9.51. The van der Waals surface area contributed by atoms with Gasteiger partial charge in [0.1, 0.15) is 29.9 Å². The number of aromatic amines is 1. The van der Waals surface area contributed by atoms with Gasteiger partial charge in [-0.15, -0.1) is 5.10 Å². The fraction of sp³-hybridized carbons (Fsp3) is 0.391. The van der Waals surface area contributed by atoms with E-state index in [4.69, 9.17) is 42.1 Å². The zero-order chi connectivity index (χ0) is 29.1. The SMILES string of the molecule is CC(=O)OCC1O[C@H](Sc2cc(Cl)c(F)c(Cl)c2)C(OC(C)=O)C(n2cc(-c3csc(=O)[nH]3)nn2)[C@H]1OC(C)=O. The first-order valence-electron chi connectivity index (χ1n) is 11.5. The third-order valence-corrected chi connectivity index (χ3v) is 7.83. The lowest BCUT2D eigenvalue weighted by Crippen LogP contribution is -2.57. The molecule has 17 heteroatoms. The van der Waals surface area contributed by atoms with Crippen molar-refractivity contribution in [2.24, 2.45) is 0 Å². The van der Waals surface area contributed by atoms with Crippen molar-refractivity contribution in [2.45, 2.75) is 55.5 Å². The van der Waals surface area contributed by atoms with Gasteiger partial charge in [0.15, 0.2) is 18.0 Å². The van der Waals surface area contributed by atoms with Crippen molar-refractivity contribution in [3.8, 4) is 11.4 Å². The fourth-order valence-corrected chi connectivity index (χ4v) is 6.34. The molecule has 0 spiro atoms. The van der Waals surface area contributed by atoms with Gasteiger partial charge in [-0.25, -0.2) is 9.07 Å². The number of hydrogen-bond acceptors (Lipinski definition) is 12. The molecule has 1 aromatic carbocycles. The van der Waals surface area contributed by atoms with E-state index in [1.807, 2.05) is 0 Å². The van der Waals surface area contributed by atoms with Crippen LogP contribution in [-0.4, -0.2) is 68.2 Å². The third kappa shape index (κ3) is 7.01. The number of halogens is 3. The van der Waals surface area contributed by atoms with Crippen LogP contribution in [0.5, 0.6) is 0 Å². The molecule has 12 nitrogen and oxygen atoms in total. The van der Waals surface area contributed by atoms with Crippen LogP contribution in [0.15, 0.2) is 33.4 Å². The summed E-state index contributed by atoms with van der Waals surface area (Å²) in [5.41, 5.74) is -0.377. The summed E-state index contributed by atoms with van der Waals surface area (Å²) in [6.07, 6.45) is -1.97. The monoisotopic (exact) mass is 634 g/mol. The number of carbonyl (C=O) groups is 3. The smallest absolute Gasteiger partial charge is 0.304 e. The normalized spacial score (nSPS) is 22.5. The molecule has 0 radical (unpaired) electrons. The Labute approximate surface area is 244 Å². The Morgan fingerprint density at radius 2 is 1.77 bits per heavy atom. The minimum atomic E-state index is -1.19. The van der Waals surface area contributed by atoms with Gasteiger partial charge in [-0.3, -0.25) is 19.2 Å². The summed E-state index contributed by atoms with van der Waals surface area (Å²) in [6, 6.07) is 1.57. The second-order valence-electron chi connectivity index (χ2n) is 8.45. The van der Waals surface area contributed by atoms with Crippen LogP contribution < -0.4 is 4.87 Å². The molecule has 3 unspecified atom stereocenters. The molecule has 5 atom stereocenters. The molecule has 1 aliphatic rings. The molecule has 3 aromatic rings. The summed E-state index contributed by atoms with van der Waals surface area (Å²) in [6.45, 7) is 3.22. The van der Waals surface area contributed by atoms with Gasteiger partial charge in [0.25, 0.3) is 0 Å². The molecule has 214 valence electrons. The Balaban J connectivity index is 1.81. The number of carbonyl (C=O) groups excluding carboxylic acids is 3. The molecular formula is C23H21Cl2FN4O8S2. The maximum Gasteiger partial charge on any atom is 0.304 e. The summed E-state index contributed by atoms with van der Waals surface area (Å²) < 4.78 is 38.0. The van der Waals surface area contributed by atoms with E-state index in [-0.39, 0.29) is 27.2 Å². The van der Waals surface area contributed by atoms with Gasteiger partial charge < -0.3 is 23.9 Å². The number of benzene rings is 1. The first-order chi connectivity index (χ1) is 18.9. The van der Waals surface area contributed by atoms with E-state index in [1.54, 1.807) is 5.38 Å². The van der Waals surface area contributed by atoms with E-state index < -0.39 is 53.5 Å². The van der Waals surface area contributed by atoms with Crippen LogP contribution in [-0.2, 0) is 33.3 Å². The van der Waals surface area contributed by atoms with E-state index in [2.05, 4.69) is 15.3 Å². The van der Waals surface area contributed by atoms with Gasteiger partial charge in [0.2, 0.25) is 0 Å². The van der Waals surface area contributed by atoms with Crippen molar-refractivity contribution in [3.05, 3.63) is 49.2 Å². The number of aromatic nitrogens is 4. The second-order valence-corrected chi connectivity index (χ2v) is 11.3. The largest absolute Gasteiger partial charge is 0.463 e. The standard InChI is InChI=1S/C23H21Cl2FN4O8S2/c1-9(31)35-7-17-20(36-10(2)32)19(30-6-15(28-29-30)16-8-39-23(34)27-16)21(37-11(3)33)22(38-17)40-12-4-13(24)18(26)14(25)5-12/h4-6,8,17,19-22H,7H2,1-3H3,(H,27,34)/t17?,19?,20-,21?,22+/m0/s1. The van der Waals surface area contributed by atoms with Crippen molar-refractivity contribution in [3.63, 3.8) is 0 Å². The number of ether oxygens (including phenoxy) is 4. The van der Waals surface area contributed by atoms with Crippen molar-refractivity contribution in [2.75, 3.05) is 6.61 Å². The van der Waals surface area contributed by atoms with Crippen LogP contribution in [0.3, 0.4) is 0 Å². The number of esters is 3. The number of thiazole rings is 1. The van der Waals surface area contributed by atoms with Gasteiger partial charge in [-0.1, -0.05) is 51.5 Å². The van der Waals surface area contributed by atoms with Crippen LogP contribution in [0.2, 0.25) is 10.0 Å². The van der Waals surface area contributed by atoms with Gasteiger partial charge in [0, 0.05) is 31.0 Å². The van der Waals surface area contributed by atoms with E-state index in [1.165, 1.54) is 43.8 Å². The lowest BCUT2D eigenvalue weighted by molar-refractivity contribution is -0.212.